The van der Waals surface area contributed by atoms with E-state index in [0.717, 1.165) is 23.5 Å². The Kier molecular flexibility index (Phi) is 7.29. The first-order valence-corrected chi connectivity index (χ1v) is 8.56. The van der Waals surface area contributed by atoms with Crippen molar-refractivity contribution in [3.05, 3.63) is 60.2 Å². The van der Waals surface area contributed by atoms with Crippen molar-refractivity contribution in [1.29, 1.82) is 0 Å². The van der Waals surface area contributed by atoms with Crippen molar-refractivity contribution in [2.45, 2.75) is 13.5 Å². The van der Waals surface area contributed by atoms with Gasteiger partial charge in [0.1, 0.15) is 5.75 Å². The predicted molar refractivity (Wildman–Crippen MR) is 102 cm³/mol. The number of rotatable bonds is 8. The maximum absolute atomic E-state index is 12.8. The van der Waals surface area contributed by atoms with Crippen LogP contribution in [-0.2, 0) is 6.54 Å². The van der Waals surface area contributed by atoms with E-state index in [9.17, 15) is 4.79 Å². The minimum Gasteiger partial charge on any atom is -0.494 e. The molecule has 0 bridgehead atoms. The molecular weight excluding hydrogens is 314 g/mol. The first-order chi connectivity index (χ1) is 12.1. The molecular formula is C20H27N3O2. The van der Waals surface area contributed by atoms with Crippen LogP contribution in [0.15, 0.2) is 54.6 Å². The molecule has 0 radical (unpaired) electrons. The van der Waals surface area contributed by atoms with Crippen LogP contribution in [0.4, 0.5) is 10.5 Å². The van der Waals surface area contributed by atoms with Gasteiger partial charge in [-0.25, -0.2) is 4.79 Å². The minimum absolute atomic E-state index is 0.112. The quantitative estimate of drug-likeness (QED) is 0.796. The van der Waals surface area contributed by atoms with Gasteiger partial charge in [0.25, 0.3) is 0 Å². The van der Waals surface area contributed by atoms with Gasteiger partial charge < -0.3 is 19.9 Å². The molecule has 0 unspecified atom stereocenters. The van der Waals surface area contributed by atoms with Crippen molar-refractivity contribution in [1.82, 2.24) is 9.80 Å². The molecule has 2 aromatic carbocycles. The first kappa shape index (κ1) is 18.8. The van der Waals surface area contributed by atoms with E-state index >= 15 is 0 Å². The second-order valence-corrected chi connectivity index (χ2v) is 6.10. The number of benzene rings is 2. The summed E-state index contributed by atoms with van der Waals surface area (Å²) in [5, 5.41) is 2.97. The monoisotopic (exact) mass is 341 g/mol. The van der Waals surface area contributed by atoms with Crippen LogP contribution < -0.4 is 10.1 Å². The molecule has 2 aromatic rings. The zero-order chi connectivity index (χ0) is 18.1. The van der Waals surface area contributed by atoms with Crippen molar-refractivity contribution in [3.63, 3.8) is 0 Å². The summed E-state index contributed by atoms with van der Waals surface area (Å²) in [6.07, 6.45) is 0. The fourth-order valence-electron chi connectivity index (χ4n) is 2.41. The van der Waals surface area contributed by atoms with Crippen LogP contribution in [0, 0.1) is 0 Å². The zero-order valence-corrected chi connectivity index (χ0v) is 15.2. The number of likely N-dealkylation sites (N-methyl/N-ethyl adjacent to an activating group) is 1. The van der Waals surface area contributed by atoms with Crippen molar-refractivity contribution in [2.75, 3.05) is 39.1 Å². The van der Waals surface area contributed by atoms with E-state index in [1.54, 1.807) is 0 Å². The standard InChI is InChI=1S/C20H27N3O2/c1-4-25-19-12-8-11-18(15-19)21-20(24)23(14-13-22(2)3)16-17-9-6-5-7-10-17/h5-12,15H,4,13-14,16H2,1-3H3,(H,21,24). The largest absolute Gasteiger partial charge is 0.494 e. The summed E-state index contributed by atoms with van der Waals surface area (Å²) < 4.78 is 5.49. The Hall–Kier alpha value is -2.53. The lowest BCUT2D eigenvalue weighted by Gasteiger charge is -2.25. The molecule has 1 N–H and O–H groups in total. The van der Waals surface area contributed by atoms with Crippen molar-refractivity contribution >= 4 is 11.7 Å². The van der Waals surface area contributed by atoms with Gasteiger partial charge in [0.15, 0.2) is 0 Å². The Labute approximate surface area is 150 Å². The summed E-state index contributed by atoms with van der Waals surface area (Å²) in [5.41, 5.74) is 1.85. The molecule has 0 aliphatic rings. The molecule has 0 fully saturated rings. The van der Waals surface area contributed by atoms with Gasteiger partial charge in [0, 0.05) is 31.4 Å². The summed E-state index contributed by atoms with van der Waals surface area (Å²) >= 11 is 0. The number of anilines is 1. The molecule has 5 heteroatoms. The highest BCUT2D eigenvalue weighted by Crippen LogP contribution is 2.18. The Morgan fingerprint density at radius 3 is 2.48 bits per heavy atom. The number of hydrogen-bond acceptors (Lipinski definition) is 3. The van der Waals surface area contributed by atoms with Crippen molar-refractivity contribution < 1.29 is 9.53 Å². The molecule has 2 rings (SSSR count). The fourth-order valence-corrected chi connectivity index (χ4v) is 2.41. The predicted octanol–water partition coefficient (Wildman–Crippen LogP) is 3.68. The van der Waals surface area contributed by atoms with Crippen LogP contribution in [0.25, 0.3) is 0 Å². The number of carbonyl (C=O) groups is 1. The van der Waals surface area contributed by atoms with Crippen molar-refractivity contribution in [3.8, 4) is 5.75 Å². The minimum atomic E-state index is -0.112. The van der Waals surface area contributed by atoms with E-state index in [1.165, 1.54) is 0 Å². The summed E-state index contributed by atoms with van der Waals surface area (Å²) in [6.45, 7) is 4.57. The lowest BCUT2D eigenvalue weighted by molar-refractivity contribution is 0.202. The number of hydrogen-bond donors (Lipinski definition) is 1. The lowest BCUT2D eigenvalue weighted by Crippen LogP contribution is -2.39. The second-order valence-electron chi connectivity index (χ2n) is 6.10. The highest BCUT2D eigenvalue weighted by atomic mass is 16.5. The third-order valence-corrected chi connectivity index (χ3v) is 3.72. The molecule has 0 spiro atoms. The smallest absolute Gasteiger partial charge is 0.322 e. The van der Waals surface area contributed by atoms with Gasteiger partial charge in [0.05, 0.1) is 6.61 Å². The Bertz CT molecular complexity index is 659. The normalized spacial score (nSPS) is 10.6. The number of amides is 2. The van der Waals surface area contributed by atoms with Gasteiger partial charge in [-0.2, -0.15) is 0 Å². The van der Waals surface area contributed by atoms with E-state index < -0.39 is 0 Å². The third kappa shape index (κ3) is 6.47. The number of urea groups is 1. The van der Waals surface area contributed by atoms with Crippen molar-refractivity contribution in [2.24, 2.45) is 0 Å². The molecule has 2 amide bonds. The molecule has 25 heavy (non-hydrogen) atoms. The number of nitrogens with zero attached hydrogens (tertiary/aromatic N) is 2. The fraction of sp³-hybridized carbons (Fsp3) is 0.350. The molecule has 0 aromatic heterocycles. The molecule has 0 saturated carbocycles. The Morgan fingerprint density at radius 2 is 1.80 bits per heavy atom. The Morgan fingerprint density at radius 1 is 1.04 bits per heavy atom. The average molecular weight is 341 g/mol. The van der Waals surface area contributed by atoms with Gasteiger partial charge in [0.2, 0.25) is 0 Å². The summed E-state index contributed by atoms with van der Waals surface area (Å²) in [4.78, 5) is 16.6. The van der Waals surface area contributed by atoms with Crippen LogP contribution in [0.1, 0.15) is 12.5 Å². The Balaban J connectivity index is 2.07. The van der Waals surface area contributed by atoms with Gasteiger partial charge in [-0.15, -0.1) is 0 Å². The highest BCUT2D eigenvalue weighted by Gasteiger charge is 2.14. The van der Waals surface area contributed by atoms with E-state index in [2.05, 4.69) is 10.2 Å². The average Bonchev–Trinajstić information content (AvgIpc) is 2.60. The van der Waals surface area contributed by atoms with E-state index in [0.29, 0.717) is 19.7 Å². The second kappa shape index (κ2) is 9.69. The number of nitrogens with one attached hydrogen (secondary N) is 1. The lowest BCUT2D eigenvalue weighted by atomic mass is 10.2. The van der Waals surface area contributed by atoms with Crippen LogP contribution in [-0.4, -0.2) is 49.6 Å². The number of ether oxygens (including phenoxy) is 1. The summed E-state index contributed by atoms with van der Waals surface area (Å²) in [7, 11) is 4.01. The number of carbonyl (C=O) groups excluding carboxylic acids is 1. The van der Waals surface area contributed by atoms with E-state index in [-0.39, 0.29) is 6.03 Å². The topological polar surface area (TPSA) is 44.8 Å². The van der Waals surface area contributed by atoms with Gasteiger partial charge in [-0.3, -0.25) is 0 Å². The molecule has 0 heterocycles. The van der Waals surface area contributed by atoms with Crippen LogP contribution in [0.2, 0.25) is 0 Å². The summed E-state index contributed by atoms with van der Waals surface area (Å²) in [6, 6.07) is 17.4. The molecule has 134 valence electrons. The molecule has 5 nitrogen and oxygen atoms in total. The molecule has 0 aliphatic carbocycles. The molecule has 0 aliphatic heterocycles. The van der Waals surface area contributed by atoms with Crippen LogP contribution >= 0.6 is 0 Å². The SMILES string of the molecule is CCOc1cccc(NC(=O)N(CCN(C)C)Cc2ccccc2)c1. The van der Waals surface area contributed by atoms with E-state index in [4.69, 9.17) is 4.74 Å². The van der Waals surface area contributed by atoms with Gasteiger partial charge in [-0.1, -0.05) is 36.4 Å². The summed E-state index contributed by atoms with van der Waals surface area (Å²) in [5.74, 6) is 0.753. The van der Waals surface area contributed by atoms with Gasteiger partial charge in [-0.05, 0) is 38.7 Å². The maximum atomic E-state index is 12.8. The van der Waals surface area contributed by atoms with E-state index in [1.807, 2.05) is 80.5 Å². The van der Waals surface area contributed by atoms with Crippen LogP contribution in [0.3, 0.4) is 0 Å². The third-order valence-electron chi connectivity index (χ3n) is 3.72. The molecule has 0 atom stereocenters. The van der Waals surface area contributed by atoms with Gasteiger partial charge >= 0.3 is 6.03 Å². The molecule has 0 saturated heterocycles. The first-order valence-electron chi connectivity index (χ1n) is 8.56. The maximum Gasteiger partial charge on any atom is 0.322 e. The zero-order valence-electron chi connectivity index (χ0n) is 15.2. The van der Waals surface area contributed by atoms with Crippen LogP contribution in [0.5, 0.6) is 5.75 Å². The highest BCUT2D eigenvalue weighted by molar-refractivity contribution is 5.89.